The van der Waals surface area contributed by atoms with Gasteiger partial charge < -0.3 is 9.47 Å². The van der Waals surface area contributed by atoms with Crippen molar-refractivity contribution in [3.63, 3.8) is 0 Å². The van der Waals surface area contributed by atoms with E-state index in [1.807, 2.05) is 0 Å². The van der Waals surface area contributed by atoms with Gasteiger partial charge in [0.05, 0.1) is 6.54 Å². The molecule has 1 N–H and O–H groups in total. The predicted octanol–water partition coefficient (Wildman–Crippen LogP) is -0.326. The first-order chi connectivity index (χ1) is 5.11. The van der Waals surface area contributed by atoms with Crippen LogP contribution in [0.2, 0.25) is 0 Å². The minimum Gasteiger partial charge on any atom is -0.355 e. The first kappa shape index (κ1) is 11.0. The molecule has 0 rings (SSSR count). The summed E-state index contributed by atoms with van der Waals surface area (Å²) < 4.78 is 29.8. The maximum absolute atomic E-state index is 10.4. The van der Waals surface area contributed by atoms with Gasteiger partial charge in [0, 0.05) is 21.3 Å². The Morgan fingerprint density at radius 3 is 2.27 bits per heavy atom. The number of nitrogens with zero attached hydrogens (tertiary/aromatic N) is 1. The van der Waals surface area contributed by atoms with Crippen LogP contribution in [0.5, 0.6) is 0 Å². The molecule has 0 spiro atoms. The third-order valence-corrected chi connectivity index (χ3v) is 1.88. The van der Waals surface area contributed by atoms with Gasteiger partial charge in [0.1, 0.15) is 0 Å². The number of likely N-dealkylation sites (N-methyl/N-ethyl adjacent to an activating group) is 1. The van der Waals surface area contributed by atoms with Crippen LogP contribution in [-0.4, -0.2) is 47.2 Å². The number of hydrogen-bond acceptors (Lipinski definition) is 3. The van der Waals surface area contributed by atoms with Crippen LogP contribution in [0.25, 0.3) is 0 Å². The Kier molecular flexibility index (Phi) is 5.61. The van der Waals surface area contributed by atoms with E-state index >= 15 is 0 Å². The van der Waals surface area contributed by atoms with E-state index in [-0.39, 0.29) is 6.54 Å². The molecular weight excluding hydrogens is 170 g/mol. The van der Waals surface area contributed by atoms with Crippen LogP contribution in [0.15, 0.2) is 0 Å². The summed E-state index contributed by atoms with van der Waals surface area (Å²) in [5.74, 6) is 0. The number of ether oxygens (including phenoxy) is 2. The molecule has 1 atom stereocenters. The lowest BCUT2D eigenvalue weighted by molar-refractivity contribution is -0.106. The zero-order valence-corrected chi connectivity index (χ0v) is 7.63. The fourth-order valence-corrected chi connectivity index (χ4v) is 0.768. The Bertz CT molecular complexity index is 128. The molecule has 0 aliphatic rings. The second kappa shape index (κ2) is 5.62. The van der Waals surface area contributed by atoms with Crippen molar-refractivity contribution in [3.8, 4) is 0 Å². The zero-order valence-electron chi connectivity index (χ0n) is 6.81. The maximum Gasteiger partial charge on any atom is 0.234 e. The summed E-state index contributed by atoms with van der Waals surface area (Å²) in [6.07, 6.45) is -0.462. The summed E-state index contributed by atoms with van der Waals surface area (Å²) in [7, 11) is 4.45. The Balaban J connectivity index is 3.71. The van der Waals surface area contributed by atoms with E-state index in [2.05, 4.69) is 0 Å². The Hall–Kier alpha value is -0.0100. The van der Waals surface area contributed by atoms with E-state index in [9.17, 15) is 4.21 Å². The molecule has 0 aromatic heterocycles. The van der Waals surface area contributed by atoms with E-state index < -0.39 is 17.6 Å². The molecule has 0 amide bonds. The van der Waals surface area contributed by atoms with Gasteiger partial charge in [-0.3, -0.25) is 4.55 Å². The van der Waals surface area contributed by atoms with Gasteiger partial charge in [-0.05, 0) is 0 Å². The van der Waals surface area contributed by atoms with Gasteiger partial charge in [0.25, 0.3) is 0 Å². The average molecular weight is 183 g/mol. The number of methoxy groups -OCH3 is 2. The van der Waals surface area contributed by atoms with Gasteiger partial charge in [-0.15, -0.1) is 0 Å². The van der Waals surface area contributed by atoms with E-state index in [4.69, 9.17) is 14.0 Å². The van der Waals surface area contributed by atoms with Gasteiger partial charge in [0.15, 0.2) is 6.29 Å². The summed E-state index contributed by atoms with van der Waals surface area (Å²) in [4.78, 5) is 0. The lowest BCUT2D eigenvalue weighted by Crippen LogP contribution is -2.32. The van der Waals surface area contributed by atoms with Crippen LogP contribution in [0, 0.1) is 0 Å². The van der Waals surface area contributed by atoms with Crippen LogP contribution >= 0.6 is 0 Å². The molecule has 0 fully saturated rings. The summed E-state index contributed by atoms with van der Waals surface area (Å²) >= 11 is -1.96. The lowest BCUT2D eigenvalue weighted by Gasteiger charge is -2.17. The lowest BCUT2D eigenvalue weighted by atomic mass is 10.6. The standard InChI is InChI=1S/C5H13NO4S/c1-6(11(7)8)4-5(9-2)10-3/h5H,4H2,1-3H3,(H,7,8). The van der Waals surface area contributed by atoms with Gasteiger partial charge in [-0.1, -0.05) is 0 Å². The highest BCUT2D eigenvalue weighted by Gasteiger charge is 2.12. The van der Waals surface area contributed by atoms with Crippen molar-refractivity contribution >= 4 is 11.3 Å². The third-order valence-electron chi connectivity index (χ3n) is 1.20. The van der Waals surface area contributed by atoms with Crippen LogP contribution in [0.4, 0.5) is 0 Å². The Morgan fingerprint density at radius 1 is 1.55 bits per heavy atom. The van der Waals surface area contributed by atoms with E-state index in [0.717, 1.165) is 0 Å². The van der Waals surface area contributed by atoms with E-state index in [0.29, 0.717) is 0 Å². The molecule has 68 valence electrons. The van der Waals surface area contributed by atoms with Crippen molar-refractivity contribution in [2.75, 3.05) is 27.8 Å². The average Bonchev–Trinajstić information content (AvgIpc) is 1.99. The minimum absolute atomic E-state index is 0.260. The van der Waals surface area contributed by atoms with Crippen molar-refractivity contribution < 1.29 is 18.2 Å². The molecular formula is C5H13NO4S. The fraction of sp³-hybridized carbons (Fsp3) is 1.00. The fourth-order valence-electron chi connectivity index (χ4n) is 0.519. The third kappa shape index (κ3) is 4.44. The highest BCUT2D eigenvalue weighted by molar-refractivity contribution is 7.76. The highest BCUT2D eigenvalue weighted by atomic mass is 32.2. The predicted molar refractivity (Wildman–Crippen MR) is 41.2 cm³/mol. The summed E-state index contributed by atoms with van der Waals surface area (Å²) in [5, 5.41) is 0. The molecule has 0 heterocycles. The van der Waals surface area contributed by atoms with Crippen molar-refractivity contribution in [1.29, 1.82) is 0 Å². The van der Waals surface area contributed by atoms with Gasteiger partial charge in [-0.25, -0.2) is 4.21 Å². The van der Waals surface area contributed by atoms with Gasteiger partial charge in [0.2, 0.25) is 11.3 Å². The summed E-state index contributed by atoms with van der Waals surface area (Å²) in [6.45, 7) is 0.260. The van der Waals surface area contributed by atoms with Gasteiger partial charge >= 0.3 is 0 Å². The molecule has 5 nitrogen and oxygen atoms in total. The Morgan fingerprint density at radius 2 is 2.00 bits per heavy atom. The quantitative estimate of drug-likeness (QED) is 0.468. The first-order valence-corrected chi connectivity index (χ1v) is 4.06. The van der Waals surface area contributed by atoms with Crippen LogP contribution in [0.3, 0.4) is 0 Å². The van der Waals surface area contributed by atoms with Crippen molar-refractivity contribution in [3.05, 3.63) is 0 Å². The topological polar surface area (TPSA) is 59.0 Å². The van der Waals surface area contributed by atoms with Crippen molar-refractivity contribution in [2.24, 2.45) is 0 Å². The van der Waals surface area contributed by atoms with Crippen molar-refractivity contribution in [1.82, 2.24) is 4.31 Å². The molecule has 0 saturated carbocycles. The van der Waals surface area contributed by atoms with Crippen LogP contribution < -0.4 is 0 Å². The van der Waals surface area contributed by atoms with E-state index in [1.54, 1.807) is 0 Å². The largest absolute Gasteiger partial charge is 0.355 e. The van der Waals surface area contributed by atoms with E-state index in [1.165, 1.54) is 25.6 Å². The molecule has 0 aliphatic carbocycles. The monoisotopic (exact) mass is 183 g/mol. The number of rotatable bonds is 5. The molecule has 0 aliphatic heterocycles. The minimum atomic E-state index is -1.96. The zero-order chi connectivity index (χ0) is 8.85. The Labute approximate surface area is 68.7 Å². The molecule has 0 aromatic rings. The maximum atomic E-state index is 10.4. The molecule has 6 heteroatoms. The molecule has 0 aromatic carbocycles. The first-order valence-electron chi connectivity index (χ1n) is 2.99. The smallest absolute Gasteiger partial charge is 0.234 e. The van der Waals surface area contributed by atoms with Crippen LogP contribution in [-0.2, 0) is 20.7 Å². The van der Waals surface area contributed by atoms with Gasteiger partial charge in [-0.2, -0.15) is 4.31 Å². The highest BCUT2D eigenvalue weighted by Crippen LogP contribution is 1.95. The normalized spacial score (nSPS) is 14.4. The molecule has 0 radical (unpaired) electrons. The molecule has 0 saturated heterocycles. The second-order valence-electron chi connectivity index (χ2n) is 1.94. The molecule has 11 heavy (non-hydrogen) atoms. The summed E-state index contributed by atoms with van der Waals surface area (Å²) in [5.41, 5.74) is 0. The SMILES string of the molecule is COC(CN(C)S(=O)O)OC. The molecule has 1 unspecified atom stereocenters. The second-order valence-corrected chi connectivity index (χ2v) is 3.03. The summed E-state index contributed by atoms with van der Waals surface area (Å²) in [6, 6.07) is 0. The number of hydrogen-bond donors (Lipinski definition) is 1. The van der Waals surface area contributed by atoms with Crippen molar-refractivity contribution in [2.45, 2.75) is 6.29 Å². The van der Waals surface area contributed by atoms with Crippen LogP contribution in [0.1, 0.15) is 0 Å². The molecule has 0 bridgehead atoms.